The molecule has 0 saturated carbocycles. The van der Waals surface area contributed by atoms with Crippen molar-refractivity contribution >= 4 is 28.3 Å². The fourth-order valence-electron chi connectivity index (χ4n) is 1.40. The van der Waals surface area contributed by atoms with E-state index in [-0.39, 0.29) is 24.1 Å². The van der Waals surface area contributed by atoms with Crippen molar-refractivity contribution in [2.24, 2.45) is 11.7 Å². The third kappa shape index (κ3) is 4.03. The molecule has 1 rings (SSSR count). The molecule has 2 amide bonds. The van der Waals surface area contributed by atoms with E-state index in [0.717, 1.165) is 0 Å². The van der Waals surface area contributed by atoms with Gasteiger partial charge in [0.25, 0.3) is 5.91 Å². The fraction of sp³-hybridized carbons (Fsp3) is 0.500. The molecule has 6 nitrogen and oxygen atoms in total. The Balaban J connectivity index is 2.82. The van der Waals surface area contributed by atoms with E-state index in [1.165, 1.54) is 16.2 Å². The van der Waals surface area contributed by atoms with Crippen LogP contribution in [0, 0.1) is 5.92 Å². The molecule has 17 heavy (non-hydrogen) atoms. The number of aromatic nitrogens is 1. The normalized spacial score (nSPS) is 10.5. The number of primary amides is 1. The lowest BCUT2D eigenvalue weighted by Crippen LogP contribution is -2.40. The van der Waals surface area contributed by atoms with E-state index < -0.39 is 5.91 Å². The Labute approximate surface area is 104 Å². The fourth-order valence-corrected chi connectivity index (χ4v) is 1.93. The Morgan fingerprint density at radius 1 is 1.53 bits per heavy atom. The lowest BCUT2D eigenvalue weighted by molar-refractivity contribution is -0.118. The van der Waals surface area contributed by atoms with E-state index in [4.69, 9.17) is 11.5 Å². The minimum absolute atomic E-state index is 0.103. The van der Waals surface area contributed by atoms with Gasteiger partial charge in [0.15, 0.2) is 5.13 Å². The molecule has 0 atom stereocenters. The highest BCUT2D eigenvalue weighted by molar-refractivity contribution is 7.13. The number of carbonyl (C=O) groups is 2. The number of thiazole rings is 1. The van der Waals surface area contributed by atoms with Crippen molar-refractivity contribution in [3.63, 3.8) is 0 Å². The Morgan fingerprint density at radius 2 is 2.18 bits per heavy atom. The van der Waals surface area contributed by atoms with Gasteiger partial charge in [0.1, 0.15) is 5.69 Å². The maximum atomic E-state index is 12.0. The van der Waals surface area contributed by atoms with Crippen molar-refractivity contribution in [3.05, 3.63) is 11.1 Å². The summed E-state index contributed by atoms with van der Waals surface area (Å²) in [6.07, 6.45) is 0. The summed E-state index contributed by atoms with van der Waals surface area (Å²) >= 11 is 1.19. The first-order valence-corrected chi connectivity index (χ1v) is 6.06. The van der Waals surface area contributed by atoms with Crippen LogP contribution in [0.5, 0.6) is 0 Å². The van der Waals surface area contributed by atoms with Crippen LogP contribution in [0.4, 0.5) is 5.13 Å². The number of nitrogen functional groups attached to an aromatic ring is 1. The molecule has 0 bridgehead atoms. The second-order valence-electron chi connectivity index (χ2n) is 4.12. The summed E-state index contributed by atoms with van der Waals surface area (Å²) in [5, 5.41) is 1.91. The van der Waals surface area contributed by atoms with Crippen molar-refractivity contribution in [3.8, 4) is 0 Å². The molecule has 0 aromatic carbocycles. The van der Waals surface area contributed by atoms with Crippen molar-refractivity contribution in [2.45, 2.75) is 13.8 Å². The lowest BCUT2D eigenvalue weighted by Gasteiger charge is -2.22. The Hall–Kier alpha value is -1.63. The van der Waals surface area contributed by atoms with Crippen LogP contribution in [0.15, 0.2) is 5.38 Å². The zero-order valence-corrected chi connectivity index (χ0v) is 10.7. The monoisotopic (exact) mass is 256 g/mol. The average Bonchev–Trinajstić information content (AvgIpc) is 2.61. The van der Waals surface area contributed by atoms with Crippen LogP contribution in [0.1, 0.15) is 24.3 Å². The van der Waals surface area contributed by atoms with Crippen molar-refractivity contribution in [2.75, 3.05) is 18.8 Å². The predicted molar refractivity (Wildman–Crippen MR) is 66.5 cm³/mol. The maximum absolute atomic E-state index is 12.0. The van der Waals surface area contributed by atoms with Crippen LogP contribution >= 0.6 is 11.3 Å². The SMILES string of the molecule is CC(C)CN(CC(N)=O)C(=O)c1csc(N)n1. The van der Waals surface area contributed by atoms with E-state index in [2.05, 4.69) is 4.98 Å². The predicted octanol–water partition coefficient (Wildman–Crippen LogP) is 0.309. The highest BCUT2D eigenvalue weighted by atomic mass is 32.1. The zero-order chi connectivity index (χ0) is 13.0. The van der Waals surface area contributed by atoms with Gasteiger partial charge in [-0.05, 0) is 5.92 Å². The van der Waals surface area contributed by atoms with E-state index in [1.807, 2.05) is 13.8 Å². The summed E-state index contributed by atoms with van der Waals surface area (Å²) in [6.45, 7) is 4.26. The summed E-state index contributed by atoms with van der Waals surface area (Å²) in [5.41, 5.74) is 10.8. The van der Waals surface area contributed by atoms with Gasteiger partial charge in [-0.2, -0.15) is 0 Å². The number of amides is 2. The summed E-state index contributed by atoms with van der Waals surface area (Å²) in [4.78, 5) is 28.2. The van der Waals surface area contributed by atoms with Crippen LogP contribution in [-0.4, -0.2) is 34.8 Å². The second kappa shape index (κ2) is 5.62. The molecule has 0 unspecified atom stereocenters. The molecule has 0 aliphatic carbocycles. The number of nitrogens with zero attached hydrogens (tertiary/aromatic N) is 2. The minimum atomic E-state index is -0.540. The molecule has 7 heteroatoms. The van der Waals surface area contributed by atoms with Gasteiger partial charge in [0, 0.05) is 11.9 Å². The number of hydrogen-bond acceptors (Lipinski definition) is 5. The molecule has 0 spiro atoms. The van der Waals surface area contributed by atoms with Gasteiger partial charge in [-0.1, -0.05) is 13.8 Å². The number of nitrogens with two attached hydrogens (primary N) is 2. The lowest BCUT2D eigenvalue weighted by atomic mass is 10.2. The van der Waals surface area contributed by atoms with E-state index in [0.29, 0.717) is 11.7 Å². The molecular formula is C10H16N4O2S. The van der Waals surface area contributed by atoms with Gasteiger partial charge < -0.3 is 16.4 Å². The molecule has 0 saturated heterocycles. The molecule has 1 aromatic rings. The highest BCUT2D eigenvalue weighted by Gasteiger charge is 2.20. The van der Waals surface area contributed by atoms with Gasteiger partial charge in [-0.15, -0.1) is 11.3 Å². The molecule has 0 fully saturated rings. The first-order chi connectivity index (χ1) is 7.90. The molecule has 0 aliphatic rings. The van der Waals surface area contributed by atoms with Crippen LogP contribution in [0.25, 0.3) is 0 Å². The quantitative estimate of drug-likeness (QED) is 0.791. The molecule has 0 aliphatic heterocycles. The van der Waals surface area contributed by atoms with Crippen molar-refractivity contribution in [1.29, 1.82) is 0 Å². The molecule has 0 radical (unpaired) electrons. The van der Waals surface area contributed by atoms with Crippen LogP contribution in [0.2, 0.25) is 0 Å². The number of hydrogen-bond donors (Lipinski definition) is 2. The molecular weight excluding hydrogens is 240 g/mol. The molecule has 94 valence electrons. The van der Waals surface area contributed by atoms with Crippen molar-refractivity contribution in [1.82, 2.24) is 9.88 Å². The summed E-state index contributed by atoms with van der Waals surface area (Å²) in [6, 6.07) is 0. The van der Waals surface area contributed by atoms with Gasteiger partial charge in [-0.25, -0.2) is 4.98 Å². The zero-order valence-electron chi connectivity index (χ0n) is 9.84. The largest absolute Gasteiger partial charge is 0.375 e. The van der Waals surface area contributed by atoms with E-state index in [1.54, 1.807) is 5.38 Å². The summed E-state index contributed by atoms with van der Waals surface area (Å²) in [7, 11) is 0. The third-order valence-electron chi connectivity index (χ3n) is 1.96. The summed E-state index contributed by atoms with van der Waals surface area (Å²) in [5.74, 6) is -0.609. The highest BCUT2D eigenvalue weighted by Crippen LogP contribution is 2.13. The van der Waals surface area contributed by atoms with E-state index in [9.17, 15) is 9.59 Å². The van der Waals surface area contributed by atoms with Gasteiger partial charge in [-0.3, -0.25) is 9.59 Å². The first-order valence-electron chi connectivity index (χ1n) is 5.18. The van der Waals surface area contributed by atoms with E-state index >= 15 is 0 Å². The topological polar surface area (TPSA) is 102 Å². The number of carbonyl (C=O) groups excluding carboxylic acids is 2. The Kier molecular flexibility index (Phi) is 4.45. The van der Waals surface area contributed by atoms with Gasteiger partial charge in [0.05, 0.1) is 6.54 Å². The van der Waals surface area contributed by atoms with Gasteiger partial charge in [0.2, 0.25) is 5.91 Å². The van der Waals surface area contributed by atoms with Gasteiger partial charge >= 0.3 is 0 Å². The first kappa shape index (κ1) is 13.4. The standard InChI is InChI=1S/C10H16N4O2S/c1-6(2)3-14(4-8(11)15)9(16)7-5-17-10(12)13-7/h5-6H,3-4H2,1-2H3,(H2,11,15)(H2,12,13). The Bertz CT molecular complexity index is 416. The van der Waals surface area contributed by atoms with Crippen LogP contribution < -0.4 is 11.5 Å². The Morgan fingerprint density at radius 3 is 2.59 bits per heavy atom. The third-order valence-corrected chi connectivity index (χ3v) is 2.63. The molecule has 4 N–H and O–H groups in total. The minimum Gasteiger partial charge on any atom is -0.375 e. The average molecular weight is 256 g/mol. The van der Waals surface area contributed by atoms with Crippen LogP contribution in [0.3, 0.4) is 0 Å². The van der Waals surface area contributed by atoms with Crippen LogP contribution in [-0.2, 0) is 4.79 Å². The summed E-state index contributed by atoms with van der Waals surface area (Å²) < 4.78 is 0. The smallest absolute Gasteiger partial charge is 0.273 e. The second-order valence-corrected chi connectivity index (χ2v) is 5.01. The maximum Gasteiger partial charge on any atom is 0.273 e. The number of anilines is 1. The van der Waals surface area contributed by atoms with Crippen molar-refractivity contribution < 1.29 is 9.59 Å². The molecule has 1 heterocycles. The molecule has 1 aromatic heterocycles. The number of rotatable bonds is 5.